The number of aryl methyl sites for hydroxylation is 1. The minimum Gasteiger partial charge on any atom is -0.456 e. The fraction of sp³-hybridized carbons (Fsp3) is 0.556. The third-order valence-corrected chi connectivity index (χ3v) is 5.39. The lowest BCUT2D eigenvalue weighted by molar-refractivity contribution is -0.148. The topological polar surface area (TPSA) is 55.4 Å². The first-order valence-corrected chi connectivity index (χ1v) is 8.60. The first kappa shape index (κ1) is 16.3. The van der Waals surface area contributed by atoms with E-state index in [1.54, 1.807) is 12.1 Å². The summed E-state index contributed by atoms with van der Waals surface area (Å²) in [5, 5.41) is 3.28. The lowest BCUT2D eigenvalue weighted by atomic mass is 9.86. The normalized spacial score (nSPS) is 25.4. The summed E-state index contributed by atoms with van der Waals surface area (Å²) in [6.07, 6.45) is 5.43. The molecule has 0 radical (unpaired) electrons. The Bertz CT molecular complexity index is 616. The molecule has 2 fully saturated rings. The number of halogens is 1. The van der Waals surface area contributed by atoms with E-state index in [0.29, 0.717) is 29.0 Å². The smallest absolute Gasteiger partial charge is 0.306 e. The van der Waals surface area contributed by atoms with E-state index in [2.05, 4.69) is 5.32 Å². The van der Waals surface area contributed by atoms with Gasteiger partial charge in [0.15, 0.2) is 6.61 Å². The molecule has 1 amide bonds. The van der Waals surface area contributed by atoms with Crippen LogP contribution in [-0.4, -0.2) is 18.5 Å². The van der Waals surface area contributed by atoms with Gasteiger partial charge in [-0.2, -0.15) is 0 Å². The average Bonchev–Trinajstić information content (AvgIpc) is 3.11. The molecule has 1 N–H and O–H groups in total. The molecule has 0 aliphatic heterocycles. The van der Waals surface area contributed by atoms with Crippen molar-refractivity contribution in [2.45, 2.75) is 39.0 Å². The van der Waals surface area contributed by atoms with Crippen LogP contribution in [-0.2, 0) is 14.3 Å². The molecular weight excluding hydrogens is 314 g/mol. The molecule has 0 aromatic heterocycles. The highest BCUT2D eigenvalue weighted by Crippen LogP contribution is 2.49. The van der Waals surface area contributed by atoms with Crippen molar-refractivity contribution >= 4 is 29.2 Å². The summed E-state index contributed by atoms with van der Waals surface area (Å²) in [5.74, 6) is 1.36. The van der Waals surface area contributed by atoms with Crippen molar-refractivity contribution in [2.24, 2.45) is 17.8 Å². The van der Waals surface area contributed by atoms with Crippen LogP contribution in [0.2, 0.25) is 5.02 Å². The number of benzene rings is 1. The molecule has 2 bridgehead atoms. The zero-order chi connectivity index (χ0) is 16.4. The number of fused-ring (bicyclic) bond motifs is 2. The standard InChI is InChI=1S/C18H22ClNO3/c1-11-2-5-15(19)9-16(11)20-17(21)10-23-18(22)8-14-7-12-3-4-13(14)6-12/h2,5,9,12-14H,3-4,6-8,10H2,1H3,(H,20,21)/t12-,13+,14-/m0/s1. The number of carbonyl (C=O) groups excluding carboxylic acids is 2. The molecule has 3 rings (SSSR count). The van der Waals surface area contributed by atoms with Gasteiger partial charge < -0.3 is 10.1 Å². The van der Waals surface area contributed by atoms with E-state index in [-0.39, 0.29) is 18.5 Å². The molecule has 1 aromatic rings. The number of carbonyl (C=O) groups is 2. The number of amides is 1. The van der Waals surface area contributed by atoms with Gasteiger partial charge in [-0.15, -0.1) is 0 Å². The molecule has 4 nitrogen and oxygen atoms in total. The minimum atomic E-state index is -0.336. The number of nitrogens with one attached hydrogen (secondary N) is 1. The monoisotopic (exact) mass is 335 g/mol. The Morgan fingerprint density at radius 2 is 2.13 bits per heavy atom. The predicted molar refractivity (Wildman–Crippen MR) is 89.3 cm³/mol. The van der Waals surface area contributed by atoms with Crippen LogP contribution in [0.3, 0.4) is 0 Å². The summed E-state index contributed by atoms with van der Waals surface area (Å²) in [6, 6.07) is 5.28. The molecule has 2 aliphatic carbocycles. The Hall–Kier alpha value is -1.55. The van der Waals surface area contributed by atoms with Crippen LogP contribution >= 0.6 is 11.6 Å². The highest BCUT2D eigenvalue weighted by Gasteiger charge is 2.40. The zero-order valence-corrected chi connectivity index (χ0v) is 14.1. The van der Waals surface area contributed by atoms with Crippen molar-refractivity contribution in [3.8, 4) is 0 Å². The van der Waals surface area contributed by atoms with Crippen LogP contribution in [0.4, 0.5) is 5.69 Å². The lowest BCUT2D eigenvalue weighted by Crippen LogP contribution is -2.23. The second-order valence-electron chi connectivity index (χ2n) is 6.81. The molecular formula is C18H22ClNO3. The Balaban J connectivity index is 1.43. The van der Waals surface area contributed by atoms with Crippen molar-refractivity contribution in [2.75, 3.05) is 11.9 Å². The number of anilines is 1. The lowest BCUT2D eigenvalue weighted by Gasteiger charge is -2.20. The molecule has 0 saturated heterocycles. The number of ether oxygens (including phenoxy) is 1. The summed E-state index contributed by atoms with van der Waals surface area (Å²) in [6.45, 7) is 1.64. The fourth-order valence-corrected chi connectivity index (χ4v) is 4.13. The maximum absolute atomic E-state index is 11.9. The molecule has 0 spiro atoms. The highest BCUT2D eigenvalue weighted by molar-refractivity contribution is 6.31. The predicted octanol–water partition coefficient (Wildman–Crippen LogP) is 3.96. The van der Waals surface area contributed by atoms with E-state index >= 15 is 0 Å². The molecule has 23 heavy (non-hydrogen) atoms. The Morgan fingerprint density at radius 1 is 1.30 bits per heavy atom. The van der Waals surface area contributed by atoms with E-state index in [0.717, 1.165) is 17.9 Å². The van der Waals surface area contributed by atoms with Gasteiger partial charge in [-0.1, -0.05) is 24.1 Å². The van der Waals surface area contributed by atoms with E-state index in [1.165, 1.54) is 19.3 Å². The molecule has 3 atom stereocenters. The molecule has 2 aliphatic rings. The van der Waals surface area contributed by atoms with Gasteiger partial charge in [0, 0.05) is 17.1 Å². The van der Waals surface area contributed by atoms with Crippen LogP contribution in [0.5, 0.6) is 0 Å². The largest absolute Gasteiger partial charge is 0.456 e. The van der Waals surface area contributed by atoms with E-state index in [4.69, 9.17) is 16.3 Å². The Kier molecular flexibility index (Phi) is 4.90. The van der Waals surface area contributed by atoms with Gasteiger partial charge in [-0.3, -0.25) is 9.59 Å². The maximum Gasteiger partial charge on any atom is 0.306 e. The van der Waals surface area contributed by atoms with Crippen molar-refractivity contribution in [1.82, 2.24) is 0 Å². The summed E-state index contributed by atoms with van der Waals surface area (Å²) in [4.78, 5) is 23.8. The Morgan fingerprint density at radius 3 is 2.83 bits per heavy atom. The van der Waals surface area contributed by atoms with Gasteiger partial charge in [0.25, 0.3) is 5.91 Å². The van der Waals surface area contributed by atoms with Crippen LogP contribution < -0.4 is 5.32 Å². The molecule has 0 heterocycles. The van der Waals surface area contributed by atoms with Gasteiger partial charge >= 0.3 is 5.97 Å². The quantitative estimate of drug-likeness (QED) is 0.829. The van der Waals surface area contributed by atoms with Crippen LogP contribution in [0, 0.1) is 24.7 Å². The Labute approximate surface area is 141 Å². The molecule has 0 unspecified atom stereocenters. The van der Waals surface area contributed by atoms with Gasteiger partial charge in [-0.05, 0) is 61.6 Å². The van der Waals surface area contributed by atoms with E-state index < -0.39 is 0 Å². The third-order valence-electron chi connectivity index (χ3n) is 5.15. The van der Waals surface area contributed by atoms with E-state index in [1.807, 2.05) is 13.0 Å². The zero-order valence-electron chi connectivity index (χ0n) is 13.3. The molecule has 1 aromatic carbocycles. The van der Waals surface area contributed by atoms with Crippen molar-refractivity contribution < 1.29 is 14.3 Å². The van der Waals surface area contributed by atoms with Crippen LogP contribution in [0.15, 0.2) is 18.2 Å². The second-order valence-corrected chi connectivity index (χ2v) is 7.24. The number of hydrogen-bond donors (Lipinski definition) is 1. The first-order valence-electron chi connectivity index (χ1n) is 8.23. The third kappa shape index (κ3) is 4.05. The van der Waals surface area contributed by atoms with Crippen LogP contribution in [0.25, 0.3) is 0 Å². The molecule has 124 valence electrons. The molecule has 5 heteroatoms. The molecule has 2 saturated carbocycles. The van der Waals surface area contributed by atoms with Crippen molar-refractivity contribution in [1.29, 1.82) is 0 Å². The SMILES string of the molecule is Cc1ccc(Cl)cc1NC(=O)COC(=O)C[C@@H]1C[C@H]2CC[C@@H]1C2. The van der Waals surface area contributed by atoms with Crippen LogP contribution in [0.1, 0.15) is 37.7 Å². The number of esters is 1. The minimum absolute atomic E-state index is 0.244. The van der Waals surface area contributed by atoms with Gasteiger partial charge in [-0.25, -0.2) is 0 Å². The number of rotatable bonds is 5. The van der Waals surface area contributed by atoms with Gasteiger partial charge in [0.05, 0.1) is 0 Å². The highest BCUT2D eigenvalue weighted by atomic mass is 35.5. The summed E-state index contributed by atoms with van der Waals surface area (Å²) < 4.78 is 5.13. The summed E-state index contributed by atoms with van der Waals surface area (Å²) in [5.41, 5.74) is 1.56. The summed E-state index contributed by atoms with van der Waals surface area (Å²) >= 11 is 5.92. The van der Waals surface area contributed by atoms with Gasteiger partial charge in [0.1, 0.15) is 0 Å². The second kappa shape index (κ2) is 6.91. The number of hydrogen-bond acceptors (Lipinski definition) is 3. The maximum atomic E-state index is 11.9. The average molecular weight is 336 g/mol. The fourth-order valence-electron chi connectivity index (χ4n) is 3.96. The van der Waals surface area contributed by atoms with E-state index in [9.17, 15) is 9.59 Å². The van der Waals surface area contributed by atoms with Crippen molar-refractivity contribution in [3.05, 3.63) is 28.8 Å². The summed E-state index contributed by atoms with van der Waals surface area (Å²) in [7, 11) is 0. The van der Waals surface area contributed by atoms with Crippen molar-refractivity contribution in [3.63, 3.8) is 0 Å². The first-order chi connectivity index (χ1) is 11.0. The van der Waals surface area contributed by atoms with Gasteiger partial charge in [0.2, 0.25) is 0 Å².